The van der Waals surface area contributed by atoms with E-state index in [-0.39, 0.29) is 16.6 Å². The van der Waals surface area contributed by atoms with Crippen molar-refractivity contribution in [1.29, 1.82) is 0 Å². The average molecular weight is 500 g/mol. The van der Waals surface area contributed by atoms with Gasteiger partial charge in [-0.05, 0) is 60.0 Å². The highest BCUT2D eigenvalue weighted by atomic mass is 32.2. The monoisotopic (exact) mass is 499 g/mol. The number of rotatable bonds is 7. The van der Waals surface area contributed by atoms with E-state index in [9.17, 15) is 13.2 Å². The molecule has 1 aromatic heterocycles. The highest BCUT2D eigenvalue weighted by Crippen LogP contribution is 2.21. The number of benzene rings is 2. The Balaban J connectivity index is 1.39. The van der Waals surface area contributed by atoms with Crippen molar-refractivity contribution in [1.82, 2.24) is 24.9 Å². The SMILES string of the molecule is Cc1ccccc1-n1nnnc1SCC(=O)Nc1cccc(S(=O)(=O)NC2=NCCCCC2)c1. The molecule has 12 heteroatoms. The number of aryl methyl sites for hydroxylation is 1. The third-order valence-electron chi connectivity index (χ3n) is 5.17. The molecule has 0 saturated heterocycles. The minimum absolute atomic E-state index is 0.0539. The van der Waals surface area contributed by atoms with E-state index in [1.807, 2.05) is 31.2 Å². The first-order valence-electron chi connectivity index (χ1n) is 10.9. The zero-order valence-corrected chi connectivity index (χ0v) is 20.3. The van der Waals surface area contributed by atoms with Crippen molar-refractivity contribution < 1.29 is 13.2 Å². The van der Waals surface area contributed by atoms with Gasteiger partial charge in [0.15, 0.2) is 0 Å². The molecular weight excluding hydrogens is 474 g/mol. The summed E-state index contributed by atoms with van der Waals surface area (Å²) in [5.41, 5.74) is 2.22. The Morgan fingerprint density at radius 2 is 1.97 bits per heavy atom. The molecule has 0 spiro atoms. The van der Waals surface area contributed by atoms with Gasteiger partial charge >= 0.3 is 0 Å². The molecule has 0 fully saturated rings. The van der Waals surface area contributed by atoms with Gasteiger partial charge in [0.25, 0.3) is 10.0 Å². The van der Waals surface area contributed by atoms with Gasteiger partial charge in [0.2, 0.25) is 11.1 Å². The molecule has 0 atom stereocenters. The van der Waals surface area contributed by atoms with Crippen LogP contribution in [0.15, 0.2) is 63.6 Å². The van der Waals surface area contributed by atoms with Crippen molar-refractivity contribution in [3.63, 3.8) is 0 Å². The fraction of sp³-hybridized carbons (Fsp3) is 0.318. The van der Waals surface area contributed by atoms with Gasteiger partial charge in [0, 0.05) is 18.7 Å². The molecular formula is C22H25N7O3S2. The zero-order valence-electron chi connectivity index (χ0n) is 18.6. The Kier molecular flexibility index (Phi) is 7.58. The first-order chi connectivity index (χ1) is 16.4. The normalized spacial score (nSPS) is 14.2. The number of para-hydroxylation sites is 1. The number of tetrazole rings is 1. The lowest BCUT2D eigenvalue weighted by atomic mass is 10.2. The number of thioether (sulfide) groups is 1. The summed E-state index contributed by atoms with van der Waals surface area (Å²) in [4.78, 5) is 16.9. The number of hydrogen-bond acceptors (Lipinski definition) is 8. The van der Waals surface area contributed by atoms with E-state index in [0.717, 1.165) is 30.5 Å². The van der Waals surface area contributed by atoms with Gasteiger partial charge in [-0.3, -0.25) is 14.5 Å². The van der Waals surface area contributed by atoms with E-state index in [0.29, 0.717) is 29.6 Å². The van der Waals surface area contributed by atoms with Crippen molar-refractivity contribution in [2.45, 2.75) is 42.7 Å². The van der Waals surface area contributed by atoms with Gasteiger partial charge in [0.05, 0.1) is 16.3 Å². The van der Waals surface area contributed by atoms with Crippen molar-refractivity contribution in [2.75, 3.05) is 17.6 Å². The van der Waals surface area contributed by atoms with Gasteiger partial charge in [0.1, 0.15) is 5.84 Å². The average Bonchev–Trinajstić information content (AvgIpc) is 3.14. The quantitative estimate of drug-likeness (QED) is 0.478. The van der Waals surface area contributed by atoms with Crippen LogP contribution in [0.3, 0.4) is 0 Å². The molecule has 0 saturated carbocycles. The van der Waals surface area contributed by atoms with Crippen LogP contribution in [0.4, 0.5) is 5.69 Å². The number of aromatic nitrogens is 4. The number of amidine groups is 1. The van der Waals surface area contributed by atoms with Crippen LogP contribution in [0.25, 0.3) is 5.69 Å². The summed E-state index contributed by atoms with van der Waals surface area (Å²) in [6.45, 7) is 2.58. The number of sulfonamides is 1. The number of aliphatic imine (C=N–C) groups is 1. The Labute approximate surface area is 202 Å². The number of anilines is 1. The van der Waals surface area contributed by atoms with Crippen LogP contribution in [0, 0.1) is 6.92 Å². The lowest BCUT2D eigenvalue weighted by Crippen LogP contribution is -2.30. The van der Waals surface area contributed by atoms with Crippen molar-refractivity contribution in [3.8, 4) is 5.69 Å². The second kappa shape index (κ2) is 10.8. The number of amides is 1. The molecule has 2 heterocycles. The van der Waals surface area contributed by atoms with Crippen LogP contribution in [0.1, 0.15) is 31.2 Å². The Morgan fingerprint density at radius 3 is 2.82 bits per heavy atom. The molecule has 1 aliphatic rings. The molecule has 0 unspecified atom stereocenters. The molecule has 34 heavy (non-hydrogen) atoms. The minimum atomic E-state index is -3.79. The third-order valence-corrected chi connectivity index (χ3v) is 7.47. The molecule has 0 bridgehead atoms. The number of carbonyl (C=O) groups excluding carboxylic acids is 1. The van der Waals surface area contributed by atoms with Crippen LogP contribution in [-0.4, -0.2) is 52.7 Å². The van der Waals surface area contributed by atoms with Crippen LogP contribution in [-0.2, 0) is 14.8 Å². The molecule has 10 nitrogen and oxygen atoms in total. The number of carbonyl (C=O) groups is 1. The topological polar surface area (TPSA) is 131 Å². The molecule has 0 aliphatic carbocycles. The second-order valence-corrected chi connectivity index (χ2v) is 10.4. The maximum atomic E-state index is 12.8. The lowest BCUT2D eigenvalue weighted by molar-refractivity contribution is -0.113. The Hall–Kier alpha value is -3.25. The summed E-state index contributed by atoms with van der Waals surface area (Å²) in [5, 5.41) is 15.0. The predicted octanol–water partition coefficient (Wildman–Crippen LogP) is 2.95. The number of hydrogen-bond donors (Lipinski definition) is 2. The summed E-state index contributed by atoms with van der Waals surface area (Å²) >= 11 is 1.19. The van der Waals surface area contributed by atoms with E-state index in [1.54, 1.807) is 16.8 Å². The fourth-order valence-electron chi connectivity index (χ4n) is 3.46. The third kappa shape index (κ3) is 6.00. The molecule has 2 aromatic carbocycles. The second-order valence-electron chi connectivity index (χ2n) is 7.77. The molecule has 1 aliphatic heterocycles. The van der Waals surface area contributed by atoms with Crippen molar-refractivity contribution in [3.05, 3.63) is 54.1 Å². The van der Waals surface area contributed by atoms with Crippen molar-refractivity contribution in [2.24, 2.45) is 4.99 Å². The first kappa shape index (κ1) is 23.9. The number of nitrogens with zero attached hydrogens (tertiary/aromatic N) is 5. The summed E-state index contributed by atoms with van der Waals surface area (Å²) in [7, 11) is -3.79. The smallest absolute Gasteiger partial charge is 0.262 e. The van der Waals surface area contributed by atoms with Crippen LogP contribution in [0.2, 0.25) is 0 Å². The highest BCUT2D eigenvalue weighted by Gasteiger charge is 2.18. The highest BCUT2D eigenvalue weighted by molar-refractivity contribution is 7.99. The fourth-order valence-corrected chi connectivity index (χ4v) is 5.28. The predicted molar refractivity (Wildman–Crippen MR) is 131 cm³/mol. The Morgan fingerprint density at radius 1 is 1.12 bits per heavy atom. The van der Waals surface area contributed by atoms with Gasteiger partial charge < -0.3 is 5.32 Å². The summed E-state index contributed by atoms with van der Waals surface area (Å²) in [6.07, 6.45) is 3.50. The molecule has 3 aromatic rings. The van der Waals surface area contributed by atoms with Gasteiger partial charge in [-0.2, -0.15) is 4.68 Å². The van der Waals surface area contributed by atoms with E-state index in [2.05, 4.69) is 30.6 Å². The van der Waals surface area contributed by atoms with Gasteiger partial charge in [-0.25, -0.2) is 8.42 Å². The molecule has 2 N–H and O–H groups in total. The first-order valence-corrected chi connectivity index (χ1v) is 13.3. The van der Waals surface area contributed by atoms with Crippen LogP contribution in [0.5, 0.6) is 0 Å². The van der Waals surface area contributed by atoms with Gasteiger partial charge in [-0.1, -0.05) is 42.4 Å². The summed E-state index contributed by atoms with van der Waals surface area (Å²) in [6, 6.07) is 13.8. The largest absolute Gasteiger partial charge is 0.325 e. The standard InChI is InChI=1S/C22H25N7O3S2/c1-16-8-4-5-11-19(16)29-22(25-27-28-29)33-15-21(30)24-17-9-7-10-18(14-17)34(31,32)26-20-12-3-2-6-13-23-20/h4-5,7-11,14H,2-3,6,12-13,15H2,1H3,(H,23,26)(H,24,30). The minimum Gasteiger partial charge on any atom is -0.325 e. The van der Waals surface area contributed by atoms with Crippen LogP contribution >= 0.6 is 11.8 Å². The molecule has 4 rings (SSSR count). The summed E-state index contributed by atoms with van der Waals surface area (Å²) in [5.74, 6) is 0.230. The molecule has 0 radical (unpaired) electrons. The summed E-state index contributed by atoms with van der Waals surface area (Å²) < 4.78 is 29.8. The van der Waals surface area contributed by atoms with E-state index in [4.69, 9.17) is 0 Å². The van der Waals surface area contributed by atoms with Crippen molar-refractivity contribution >= 4 is 39.2 Å². The van der Waals surface area contributed by atoms with E-state index >= 15 is 0 Å². The van der Waals surface area contributed by atoms with Gasteiger partial charge in [-0.15, -0.1) is 5.10 Å². The van der Waals surface area contributed by atoms with Crippen LogP contribution < -0.4 is 10.0 Å². The Bertz CT molecular complexity index is 1310. The number of nitrogens with one attached hydrogen (secondary N) is 2. The zero-order chi connectivity index (χ0) is 24.0. The maximum absolute atomic E-state index is 12.8. The maximum Gasteiger partial charge on any atom is 0.262 e. The van der Waals surface area contributed by atoms with E-state index < -0.39 is 10.0 Å². The lowest BCUT2D eigenvalue weighted by Gasteiger charge is -2.11. The molecule has 178 valence electrons. The van der Waals surface area contributed by atoms with E-state index in [1.165, 1.54) is 23.9 Å². The molecule has 1 amide bonds.